The van der Waals surface area contributed by atoms with E-state index in [1.165, 1.54) is 12.1 Å². The van der Waals surface area contributed by atoms with Gasteiger partial charge in [-0.1, -0.05) is 32.9 Å². The van der Waals surface area contributed by atoms with E-state index in [0.29, 0.717) is 25.7 Å². The number of ether oxygens (including phenoxy) is 1. The minimum absolute atomic E-state index is 0.216. The van der Waals surface area contributed by atoms with Crippen LogP contribution in [-0.2, 0) is 4.74 Å². The SMILES string of the molecule is CC(C)COCC(O)CNCC(C)c1ccc(F)cc1. The Balaban J connectivity index is 2.18. The van der Waals surface area contributed by atoms with Crippen LogP contribution in [0.5, 0.6) is 0 Å². The van der Waals surface area contributed by atoms with Crippen molar-refractivity contribution in [3.8, 4) is 0 Å². The van der Waals surface area contributed by atoms with Crippen molar-refractivity contribution in [2.75, 3.05) is 26.3 Å². The zero-order valence-corrected chi connectivity index (χ0v) is 12.6. The van der Waals surface area contributed by atoms with Crippen LogP contribution in [0.2, 0.25) is 0 Å². The lowest BCUT2D eigenvalue weighted by molar-refractivity contribution is 0.0261. The van der Waals surface area contributed by atoms with Crippen molar-refractivity contribution >= 4 is 0 Å². The summed E-state index contributed by atoms with van der Waals surface area (Å²) in [5.74, 6) is 0.541. The van der Waals surface area contributed by atoms with Crippen molar-refractivity contribution in [3.63, 3.8) is 0 Å². The quantitative estimate of drug-likeness (QED) is 0.732. The van der Waals surface area contributed by atoms with Crippen LogP contribution >= 0.6 is 0 Å². The van der Waals surface area contributed by atoms with Crippen molar-refractivity contribution in [3.05, 3.63) is 35.6 Å². The van der Waals surface area contributed by atoms with E-state index in [1.807, 2.05) is 0 Å². The Morgan fingerprint density at radius 3 is 2.35 bits per heavy atom. The number of benzene rings is 1. The second-order valence-corrected chi connectivity index (χ2v) is 5.70. The van der Waals surface area contributed by atoms with Crippen LogP contribution in [0.1, 0.15) is 32.3 Å². The van der Waals surface area contributed by atoms with Crippen LogP contribution in [0.4, 0.5) is 4.39 Å². The van der Waals surface area contributed by atoms with Crippen molar-refractivity contribution in [2.45, 2.75) is 32.8 Å². The third-order valence-corrected chi connectivity index (χ3v) is 3.03. The van der Waals surface area contributed by atoms with E-state index in [1.54, 1.807) is 12.1 Å². The van der Waals surface area contributed by atoms with Crippen LogP contribution in [0.15, 0.2) is 24.3 Å². The third-order valence-electron chi connectivity index (χ3n) is 3.03. The zero-order valence-electron chi connectivity index (χ0n) is 12.6. The second kappa shape index (κ2) is 9.06. The smallest absolute Gasteiger partial charge is 0.123 e. The maximum atomic E-state index is 12.8. The lowest BCUT2D eigenvalue weighted by Crippen LogP contribution is -2.32. The minimum atomic E-state index is -0.492. The minimum Gasteiger partial charge on any atom is -0.389 e. The van der Waals surface area contributed by atoms with E-state index in [-0.39, 0.29) is 11.7 Å². The lowest BCUT2D eigenvalue weighted by Gasteiger charge is -2.16. The second-order valence-electron chi connectivity index (χ2n) is 5.70. The molecule has 0 aliphatic carbocycles. The molecule has 0 saturated heterocycles. The van der Waals surface area contributed by atoms with Gasteiger partial charge in [-0.05, 0) is 29.5 Å². The van der Waals surface area contributed by atoms with Crippen molar-refractivity contribution in [1.29, 1.82) is 0 Å². The Kier molecular flexibility index (Phi) is 7.73. The van der Waals surface area contributed by atoms with Crippen LogP contribution in [-0.4, -0.2) is 37.5 Å². The first-order valence-electron chi connectivity index (χ1n) is 7.21. The first kappa shape index (κ1) is 17.1. The Labute approximate surface area is 121 Å². The number of halogens is 1. The summed E-state index contributed by atoms with van der Waals surface area (Å²) in [7, 11) is 0. The van der Waals surface area contributed by atoms with Crippen molar-refractivity contribution in [2.24, 2.45) is 5.92 Å². The van der Waals surface area contributed by atoms with Crippen molar-refractivity contribution < 1.29 is 14.2 Å². The summed E-state index contributed by atoms with van der Waals surface area (Å²) in [5, 5.41) is 13.0. The van der Waals surface area contributed by atoms with Gasteiger partial charge < -0.3 is 15.2 Å². The molecule has 0 amide bonds. The molecule has 0 spiro atoms. The van der Waals surface area contributed by atoms with E-state index in [2.05, 4.69) is 26.1 Å². The fourth-order valence-electron chi connectivity index (χ4n) is 1.87. The molecule has 114 valence electrons. The van der Waals surface area contributed by atoms with Crippen LogP contribution < -0.4 is 5.32 Å². The fraction of sp³-hybridized carbons (Fsp3) is 0.625. The van der Waals surface area contributed by atoms with Crippen LogP contribution in [0.25, 0.3) is 0 Å². The predicted molar refractivity (Wildman–Crippen MR) is 79.3 cm³/mol. The summed E-state index contributed by atoms with van der Waals surface area (Å²) in [5.41, 5.74) is 1.09. The lowest BCUT2D eigenvalue weighted by atomic mass is 10.0. The van der Waals surface area contributed by atoms with Gasteiger partial charge in [0.15, 0.2) is 0 Å². The Morgan fingerprint density at radius 1 is 1.10 bits per heavy atom. The van der Waals surface area contributed by atoms with E-state index in [4.69, 9.17) is 4.74 Å². The highest BCUT2D eigenvalue weighted by Crippen LogP contribution is 2.14. The largest absolute Gasteiger partial charge is 0.389 e. The van der Waals surface area contributed by atoms with Gasteiger partial charge in [-0.15, -0.1) is 0 Å². The molecule has 20 heavy (non-hydrogen) atoms. The van der Waals surface area contributed by atoms with E-state index >= 15 is 0 Å². The number of hydrogen-bond donors (Lipinski definition) is 2. The first-order chi connectivity index (χ1) is 9.49. The van der Waals surface area contributed by atoms with Crippen LogP contribution in [0.3, 0.4) is 0 Å². The first-order valence-corrected chi connectivity index (χ1v) is 7.21. The van der Waals surface area contributed by atoms with E-state index in [0.717, 1.165) is 12.1 Å². The summed E-state index contributed by atoms with van der Waals surface area (Å²) in [6, 6.07) is 6.54. The number of aliphatic hydroxyl groups is 1. The normalized spacial score (nSPS) is 14.5. The van der Waals surface area contributed by atoms with E-state index in [9.17, 15) is 9.50 Å². The molecule has 0 heterocycles. The molecule has 0 aromatic heterocycles. The molecule has 4 heteroatoms. The average molecular weight is 283 g/mol. The van der Waals surface area contributed by atoms with Gasteiger partial charge >= 0.3 is 0 Å². The maximum absolute atomic E-state index is 12.8. The van der Waals surface area contributed by atoms with Gasteiger partial charge in [0.1, 0.15) is 5.82 Å². The average Bonchev–Trinajstić information content (AvgIpc) is 2.39. The molecule has 0 radical (unpaired) electrons. The number of rotatable bonds is 9. The Morgan fingerprint density at radius 2 is 1.75 bits per heavy atom. The molecule has 0 fully saturated rings. The summed E-state index contributed by atoms with van der Waals surface area (Å²) >= 11 is 0. The zero-order chi connectivity index (χ0) is 15.0. The molecular weight excluding hydrogens is 257 g/mol. The third kappa shape index (κ3) is 6.98. The standard InChI is InChI=1S/C16H26FNO2/c1-12(2)10-20-11-16(19)9-18-8-13(3)14-4-6-15(17)7-5-14/h4-7,12-13,16,18-19H,8-11H2,1-3H3. The molecule has 0 bridgehead atoms. The molecule has 0 aliphatic heterocycles. The van der Waals surface area contributed by atoms with Gasteiger partial charge in [-0.3, -0.25) is 0 Å². The number of aliphatic hydroxyl groups excluding tert-OH is 1. The topological polar surface area (TPSA) is 41.5 Å². The van der Waals surface area contributed by atoms with E-state index < -0.39 is 6.10 Å². The predicted octanol–water partition coefficient (Wildman–Crippen LogP) is 2.55. The molecule has 1 rings (SSSR count). The van der Waals surface area contributed by atoms with Crippen LogP contribution in [0, 0.1) is 11.7 Å². The van der Waals surface area contributed by atoms with Gasteiger partial charge in [0.05, 0.1) is 12.7 Å². The molecule has 2 N–H and O–H groups in total. The molecule has 0 saturated carbocycles. The molecule has 2 atom stereocenters. The summed E-state index contributed by atoms with van der Waals surface area (Å²) < 4.78 is 18.2. The molecule has 0 aliphatic rings. The van der Waals surface area contributed by atoms with Crippen molar-refractivity contribution in [1.82, 2.24) is 5.32 Å². The monoisotopic (exact) mass is 283 g/mol. The highest BCUT2D eigenvalue weighted by molar-refractivity contribution is 5.20. The number of nitrogens with one attached hydrogen (secondary N) is 1. The Hall–Kier alpha value is -0.970. The summed E-state index contributed by atoms with van der Waals surface area (Å²) in [6.45, 7) is 8.50. The molecule has 1 aromatic carbocycles. The molecular formula is C16H26FNO2. The van der Waals surface area contributed by atoms with Gasteiger partial charge in [0.2, 0.25) is 0 Å². The van der Waals surface area contributed by atoms with Gasteiger partial charge in [-0.2, -0.15) is 0 Å². The fourth-order valence-corrected chi connectivity index (χ4v) is 1.87. The van der Waals surface area contributed by atoms with Gasteiger partial charge in [0.25, 0.3) is 0 Å². The number of hydrogen-bond acceptors (Lipinski definition) is 3. The molecule has 2 unspecified atom stereocenters. The molecule has 3 nitrogen and oxygen atoms in total. The van der Waals surface area contributed by atoms with Gasteiger partial charge in [0, 0.05) is 19.7 Å². The molecule has 1 aromatic rings. The highest BCUT2D eigenvalue weighted by atomic mass is 19.1. The van der Waals surface area contributed by atoms with Gasteiger partial charge in [-0.25, -0.2) is 4.39 Å². The maximum Gasteiger partial charge on any atom is 0.123 e. The highest BCUT2D eigenvalue weighted by Gasteiger charge is 2.08. The Bertz CT molecular complexity index is 367. The summed E-state index contributed by atoms with van der Waals surface area (Å²) in [4.78, 5) is 0. The summed E-state index contributed by atoms with van der Waals surface area (Å²) in [6.07, 6.45) is -0.492.